The molecular formula is C20H28N2O9S. The van der Waals surface area contributed by atoms with Crippen LogP contribution in [0.1, 0.15) is 27.7 Å². The predicted octanol–water partition coefficient (Wildman–Crippen LogP) is 1.49. The van der Waals surface area contributed by atoms with Crippen molar-refractivity contribution in [1.82, 2.24) is 4.72 Å². The van der Waals surface area contributed by atoms with Gasteiger partial charge in [-0.25, -0.2) is 13.7 Å². The van der Waals surface area contributed by atoms with E-state index in [9.17, 15) is 13.2 Å². The Morgan fingerprint density at radius 3 is 2.50 bits per heavy atom. The van der Waals surface area contributed by atoms with E-state index < -0.39 is 58.6 Å². The zero-order valence-corrected chi connectivity index (χ0v) is 19.4. The first kappa shape index (κ1) is 23.4. The highest BCUT2D eigenvalue weighted by Gasteiger charge is 2.65. The van der Waals surface area contributed by atoms with Crippen molar-refractivity contribution in [1.29, 1.82) is 0 Å². The number of fused-ring (bicyclic) bond motifs is 3. The first-order valence-electron chi connectivity index (χ1n) is 10.2. The van der Waals surface area contributed by atoms with E-state index in [-0.39, 0.29) is 6.61 Å². The van der Waals surface area contributed by atoms with Gasteiger partial charge in [0.2, 0.25) is 5.79 Å². The number of urea groups is 1. The summed E-state index contributed by atoms with van der Waals surface area (Å²) in [6.45, 7) is 6.44. The van der Waals surface area contributed by atoms with Gasteiger partial charge in [-0.1, -0.05) is 18.2 Å². The smallest absolute Gasteiger partial charge is 0.343 e. The number of benzene rings is 1. The second-order valence-corrected chi connectivity index (χ2v) is 10.2. The van der Waals surface area contributed by atoms with Gasteiger partial charge in [0.15, 0.2) is 11.6 Å². The van der Waals surface area contributed by atoms with Crippen LogP contribution in [-0.4, -0.2) is 70.4 Å². The van der Waals surface area contributed by atoms with Crippen molar-refractivity contribution >= 4 is 22.0 Å². The van der Waals surface area contributed by atoms with E-state index in [4.69, 9.17) is 27.9 Å². The summed E-state index contributed by atoms with van der Waals surface area (Å²) in [6.07, 6.45) is -1.77. The minimum atomic E-state index is -4.49. The molecule has 0 bridgehead atoms. The molecule has 1 aromatic rings. The molecule has 0 radical (unpaired) electrons. The maximum absolute atomic E-state index is 12.5. The van der Waals surface area contributed by atoms with Crippen LogP contribution in [-0.2, 0) is 38.2 Å². The third-order valence-electron chi connectivity index (χ3n) is 5.35. The van der Waals surface area contributed by atoms with Gasteiger partial charge < -0.3 is 23.7 Å². The van der Waals surface area contributed by atoms with Crippen molar-refractivity contribution in [2.75, 3.05) is 25.2 Å². The van der Waals surface area contributed by atoms with Crippen LogP contribution in [0.5, 0.6) is 0 Å². The molecular weight excluding hydrogens is 444 g/mol. The number of nitrogens with zero attached hydrogens (tertiary/aromatic N) is 1. The monoisotopic (exact) mass is 472 g/mol. The number of para-hydroxylation sites is 1. The van der Waals surface area contributed by atoms with E-state index in [0.717, 1.165) is 4.90 Å². The van der Waals surface area contributed by atoms with Gasteiger partial charge in [-0.15, -0.1) is 0 Å². The first-order valence-corrected chi connectivity index (χ1v) is 11.6. The van der Waals surface area contributed by atoms with Crippen LogP contribution in [0.3, 0.4) is 0 Å². The zero-order chi connectivity index (χ0) is 23.4. The fourth-order valence-corrected chi connectivity index (χ4v) is 4.81. The molecule has 178 valence electrons. The molecule has 0 spiro atoms. The maximum Gasteiger partial charge on any atom is 0.363 e. The van der Waals surface area contributed by atoms with Gasteiger partial charge in [-0.3, -0.25) is 4.90 Å². The van der Waals surface area contributed by atoms with Crippen LogP contribution >= 0.6 is 0 Å². The van der Waals surface area contributed by atoms with E-state index >= 15 is 0 Å². The van der Waals surface area contributed by atoms with Crippen molar-refractivity contribution in [3.8, 4) is 0 Å². The van der Waals surface area contributed by atoms with Crippen molar-refractivity contribution in [3.63, 3.8) is 0 Å². The molecule has 2 amide bonds. The number of carbonyl (C=O) groups is 1. The number of anilines is 1. The molecule has 3 aliphatic heterocycles. The lowest BCUT2D eigenvalue weighted by atomic mass is 9.98. The Balaban J connectivity index is 1.46. The van der Waals surface area contributed by atoms with Gasteiger partial charge in [0, 0.05) is 12.7 Å². The molecule has 0 saturated carbocycles. The highest BCUT2D eigenvalue weighted by Crippen LogP contribution is 2.47. The number of nitrogens with one attached hydrogen (secondary N) is 1. The summed E-state index contributed by atoms with van der Waals surface area (Å²) in [5, 5.41) is 0. The Bertz CT molecular complexity index is 969. The molecule has 0 aromatic heterocycles. The Morgan fingerprint density at radius 2 is 1.81 bits per heavy atom. The fourth-order valence-electron chi connectivity index (χ4n) is 4.08. The van der Waals surface area contributed by atoms with Gasteiger partial charge in [0.05, 0.1) is 6.61 Å². The summed E-state index contributed by atoms with van der Waals surface area (Å²) in [5.74, 6) is -3.50. The van der Waals surface area contributed by atoms with Crippen LogP contribution in [0.2, 0.25) is 0 Å². The van der Waals surface area contributed by atoms with Crippen LogP contribution in [0.25, 0.3) is 0 Å². The van der Waals surface area contributed by atoms with E-state index in [1.165, 1.54) is 7.05 Å². The minimum Gasteiger partial charge on any atom is -0.343 e. The number of amides is 2. The number of hydrogen-bond donors (Lipinski definition) is 1. The Labute approximate surface area is 187 Å². The molecule has 12 heteroatoms. The molecule has 1 aromatic carbocycles. The molecule has 11 nitrogen and oxygen atoms in total. The predicted molar refractivity (Wildman–Crippen MR) is 111 cm³/mol. The van der Waals surface area contributed by atoms with Crippen LogP contribution in [0, 0.1) is 0 Å². The Kier molecular flexibility index (Phi) is 5.77. The van der Waals surface area contributed by atoms with Crippen LogP contribution < -0.4 is 9.62 Å². The molecule has 1 N–H and O–H groups in total. The van der Waals surface area contributed by atoms with Crippen molar-refractivity contribution in [2.45, 2.75) is 63.4 Å². The molecule has 3 heterocycles. The van der Waals surface area contributed by atoms with Gasteiger partial charge >= 0.3 is 16.3 Å². The summed E-state index contributed by atoms with van der Waals surface area (Å²) >= 11 is 0. The molecule has 4 rings (SSSR count). The SMILES string of the molecule is CN(C(=O)NS(=O)(=O)OC[C@@]12OC[C@H]3OC(C)(C)O[C@H]3[C@@H]1OC(C)(C)O2)c1ccccc1. The molecule has 0 aliphatic carbocycles. The Morgan fingerprint density at radius 1 is 1.12 bits per heavy atom. The average molecular weight is 473 g/mol. The molecule has 3 saturated heterocycles. The van der Waals surface area contributed by atoms with Crippen LogP contribution in [0.4, 0.5) is 10.5 Å². The highest BCUT2D eigenvalue weighted by molar-refractivity contribution is 7.85. The van der Waals surface area contributed by atoms with E-state index in [2.05, 4.69) is 0 Å². The quantitative estimate of drug-likeness (QED) is 0.679. The second-order valence-electron chi connectivity index (χ2n) is 8.82. The largest absolute Gasteiger partial charge is 0.363 e. The number of ether oxygens (including phenoxy) is 5. The standard InChI is InChI=1S/C20H28N2O9S/c1-18(2)28-14-11-26-20(16(15(14)29-18)30-19(3,4)31-20)12-27-32(24,25)21-17(23)22(5)13-9-7-6-8-10-13/h6-10,14-16H,11-12H2,1-5H3,(H,21,23)/t14-,15-,16+,20+/m1/s1. The summed E-state index contributed by atoms with van der Waals surface area (Å²) in [6, 6.07) is 7.69. The molecule has 3 fully saturated rings. The fraction of sp³-hybridized carbons (Fsp3) is 0.650. The first-order chi connectivity index (χ1) is 14.8. The summed E-state index contributed by atoms with van der Waals surface area (Å²) in [7, 11) is -3.05. The van der Waals surface area contributed by atoms with E-state index in [1.54, 1.807) is 58.0 Å². The van der Waals surface area contributed by atoms with Gasteiger partial charge in [0.1, 0.15) is 24.9 Å². The summed E-state index contributed by atoms with van der Waals surface area (Å²) < 4.78 is 61.6. The van der Waals surface area contributed by atoms with Gasteiger partial charge in [-0.2, -0.15) is 8.42 Å². The van der Waals surface area contributed by atoms with Crippen molar-refractivity contribution < 1.29 is 41.1 Å². The summed E-state index contributed by atoms with van der Waals surface area (Å²) in [5.41, 5.74) is 0.510. The Hall–Kier alpha value is -1.80. The zero-order valence-electron chi connectivity index (χ0n) is 18.6. The molecule has 4 atom stereocenters. The molecule has 3 aliphatic rings. The van der Waals surface area contributed by atoms with Crippen molar-refractivity contribution in [2.24, 2.45) is 0 Å². The third kappa shape index (κ3) is 4.62. The highest BCUT2D eigenvalue weighted by atomic mass is 32.2. The lowest BCUT2D eigenvalue weighted by Gasteiger charge is -2.40. The minimum absolute atomic E-state index is 0.0938. The lowest BCUT2D eigenvalue weighted by molar-refractivity contribution is -0.290. The van der Waals surface area contributed by atoms with E-state index in [1.807, 2.05) is 4.72 Å². The number of rotatable bonds is 5. The molecule has 32 heavy (non-hydrogen) atoms. The molecule has 0 unspecified atom stereocenters. The third-order valence-corrected chi connectivity index (χ3v) is 6.20. The lowest BCUT2D eigenvalue weighted by Crippen LogP contribution is -2.61. The topological polar surface area (TPSA) is 122 Å². The number of hydrogen-bond acceptors (Lipinski definition) is 9. The normalized spacial score (nSPS) is 32.7. The van der Waals surface area contributed by atoms with Crippen molar-refractivity contribution in [3.05, 3.63) is 30.3 Å². The van der Waals surface area contributed by atoms with E-state index in [0.29, 0.717) is 5.69 Å². The second kappa shape index (κ2) is 7.90. The van der Waals surface area contributed by atoms with Gasteiger partial charge in [-0.05, 0) is 39.8 Å². The summed E-state index contributed by atoms with van der Waals surface area (Å²) in [4.78, 5) is 13.5. The maximum atomic E-state index is 12.5. The van der Waals surface area contributed by atoms with Gasteiger partial charge in [0.25, 0.3) is 0 Å². The average Bonchev–Trinajstić information content (AvgIpc) is 3.17. The van der Waals surface area contributed by atoms with Crippen LogP contribution in [0.15, 0.2) is 30.3 Å². The number of carbonyl (C=O) groups excluding carboxylic acids is 1.